The molecule has 7 heteroatoms. The standard InChI is InChI=1S/C11H13ClO4S2/c1-17-5-2-6-18(15,16)8-3-4-10(12)9(7-8)11(13)14/h3-4,7H,2,5-6H2,1H3,(H,13,14). The topological polar surface area (TPSA) is 71.4 Å². The fourth-order valence-electron chi connectivity index (χ4n) is 1.37. The monoisotopic (exact) mass is 308 g/mol. The minimum atomic E-state index is -3.44. The Bertz CT molecular complexity index is 540. The fourth-order valence-corrected chi connectivity index (χ4v) is 3.52. The number of aromatic carboxylic acids is 1. The third kappa shape index (κ3) is 3.90. The summed E-state index contributed by atoms with van der Waals surface area (Å²) in [4.78, 5) is 10.9. The van der Waals surface area contributed by atoms with Gasteiger partial charge in [-0.2, -0.15) is 11.8 Å². The average Bonchev–Trinajstić information content (AvgIpc) is 2.29. The molecule has 0 aliphatic heterocycles. The minimum absolute atomic E-state index is 0.00500. The summed E-state index contributed by atoms with van der Waals surface area (Å²) in [6.07, 6.45) is 2.44. The largest absolute Gasteiger partial charge is 0.478 e. The van der Waals surface area contributed by atoms with E-state index in [0.717, 1.165) is 11.8 Å². The van der Waals surface area contributed by atoms with Crippen molar-refractivity contribution in [3.8, 4) is 0 Å². The second-order valence-electron chi connectivity index (χ2n) is 3.61. The Morgan fingerprint density at radius 1 is 1.44 bits per heavy atom. The molecule has 100 valence electrons. The molecule has 1 rings (SSSR count). The summed E-state index contributed by atoms with van der Waals surface area (Å²) in [5.74, 6) is -0.478. The first-order valence-corrected chi connectivity index (χ1v) is 8.55. The van der Waals surface area contributed by atoms with Crippen LogP contribution in [0, 0.1) is 0 Å². The number of sulfone groups is 1. The molecule has 0 saturated heterocycles. The maximum absolute atomic E-state index is 11.9. The third-order valence-corrected chi connectivity index (χ3v) is 5.11. The molecule has 1 N–H and O–H groups in total. The molecule has 0 bridgehead atoms. The van der Waals surface area contributed by atoms with Crippen LogP contribution in [0.4, 0.5) is 0 Å². The van der Waals surface area contributed by atoms with E-state index < -0.39 is 15.8 Å². The van der Waals surface area contributed by atoms with Crippen LogP contribution in [-0.2, 0) is 9.84 Å². The van der Waals surface area contributed by atoms with Gasteiger partial charge in [-0.05, 0) is 36.6 Å². The molecule has 18 heavy (non-hydrogen) atoms. The van der Waals surface area contributed by atoms with Gasteiger partial charge in [0.15, 0.2) is 9.84 Å². The van der Waals surface area contributed by atoms with Crippen LogP contribution in [0.3, 0.4) is 0 Å². The molecule has 0 aliphatic rings. The van der Waals surface area contributed by atoms with E-state index in [-0.39, 0.29) is 21.2 Å². The van der Waals surface area contributed by atoms with Gasteiger partial charge in [0.2, 0.25) is 0 Å². The first-order chi connectivity index (χ1) is 8.38. The highest BCUT2D eigenvalue weighted by molar-refractivity contribution is 7.98. The second kappa shape index (κ2) is 6.45. The quantitative estimate of drug-likeness (QED) is 0.818. The van der Waals surface area contributed by atoms with Crippen LogP contribution in [0.2, 0.25) is 5.02 Å². The lowest BCUT2D eigenvalue weighted by Crippen LogP contribution is -2.09. The van der Waals surface area contributed by atoms with Gasteiger partial charge in [0.1, 0.15) is 0 Å². The van der Waals surface area contributed by atoms with Gasteiger partial charge in [0.25, 0.3) is 0 Å². The molecule has 0 aromatic heterocycles. The van der Waals surface area contributed by atoms with Crippen LogP contribution in [-0.4, -0.2) is 37.3 Å². The summed E-state index contributed by atoms with van der Waals surface area (Å²) in [5.41, 5.74) is -0.192. The van der Waals surface area contributed by atoms with Crippen molar-refractivity contribution < 1.29 is 18.3 Å². The van der Waals surface area contributed by atoms with Gasteiger partial charge in [-0.15, -0.1) is 0 Å². The number of carboxylic acid groups (broad SMARTS) is 1. The zero-order valence-electron chi connectivity index (χ0n) is 9.72. The van der Waals surface area contributed by atoms with Crippen LogP contribution in [0.1, 0.15) is 16.8 Å². The van der Waals surface area contributed by atoms with Crippen molar-refractivity contribution in [2.75, 3.05) is 17.8 Å². The summed E-state index contributed by atoms with van der Waals surface area (Å²) in [6, 6.07) is 3.74. The number of rotatable bonds is 6. The van der Waals surface area contributed by atoms with Gasteiger partial charge in [0.05, 0.1) is 21.2 Å². The normalized spacial score (nSPS) is 11.4. The molecule has 0 aliphatic carbocycles. The molecule has 0 radical (unpaired) electrons. The maximum atomic E-state index is 11.9. The summed E-state index contributed by atoms with van der Waals surface area (Å²) in [7, 11) is -3.44. The van der Waals surface area contributed by atoms with E-state index in [1.54, 1.807) is 11.8 Å². The number of carbonyl (C=O) groups is 1. The predicted octanol–water partition coefficient (Wildman–Crippen LogP) is 2.57. The van der Waals surface area contributed by atoms with E-state index in [9.17, 15) is 13.2 Å². The van der Waals surface area contributed by atoms with Gasteiger partial charge in [0, 0.05) is 0 Å². The van der Waals surface area contributed by atoms with E-state index in [4.69, 9.17) is 16.7 Å². The number of hydrogen-bond donors (Lipinski definition) is 1. The Balaban J connectivity index is 3.02. The average molecular weight is 309 g/mol. The smallest absolute Gasteiger partial charge is 0.337 e. The van der Waals surface area contributed by atoms with Crippen LogP contribution < -0.4 is 0 Å². The number of thioether (sulfide) groups is 1. The number of carboxylic acids is 1. The highest BCUT2D eigenvalue weighted by Gasteiger charge is 2.18. The van der Waals surface area contributed by atoms with Gasteiger partial charge in [-0.1, -0.05) is 11.6 Å². The summed E-state index contributed by atoms with van der Waals surface area (Å²) in [6.45, 7) is 0. The van der Waals surface area contributed by atoms with Crippen molar-refractivity contribution in [2.45, 2.75) is 11.3 Å². The first-order valence-electron chi connectivity index (χ1n) is 5.13. The van der Waals surface area contributed by atoms with Gasteiger partial charge >= 0.3 is 5.97 Å². The van der Waals surface area contributed by atoms with E-state index >= 15 is 0 Å². The van der Waals surface area contributed by atoms with Crippen LogP contribution >= 0.6 is 23.4 Å². The van der Waals surface area contributed by atoms with E-state index in [1.807, 2.05) is 6.26 Å². The van der Waals surface area contributed by atoms with Crippen molar-refractivity contribution in [1.82, 2.24) is 0 Å². The molecule has 4 nitrogen and oxygen atoms in total. The Morgan fingerprint density at radius 2 is 2.11 bits per heavy atom. The van der Waals surface area contributed by atoms with Gasteiger partial charge in [-0.25, -0.2) is 13.2 Å². The lowest BCUT2D eigenvalue weighted by molar-refractivity contribution is 0.0697. The predicted molar refractivity (Wildman–Crippen MR) is 73.5 cm³/mol. The molecule has 0 amide bonds. The molecule has 0 unspecified atom stereocenters. The highest BCUT2D eigenvalue weighted by atomic mass is 35.5. The summed E-state index contributed by atoms with van der Waals surface area (Å²) >= 11 is 7.26. The van der Waals surface area contributed by atoms with Gasteiger partial charge in [-0.3, -0.25) is 0 Å². The van der Waals surface area contributed by atoms with Gasteiger partial charge < -0.3 is 5.11 Å². The third-order valence-electron chi connectivity index (χ3n) is 2.29. The maximum Gasteiger partial charge on any atom is 0.337 e. The van der Waals surface area contributed by atoms with Crippen LogP contribution in [0.25, 0.3) is 0 Å². The molecule has 0 atom stereocenters. The Hall–Kier alpha value is -0.720. The van der Waals surface area contributed by atoms with E-state index in [1.165, 1.54) is 12.1 Å². The zero-order chi connectivity index (χ0) is 13.8. The fraction of sp³-hybridized carbons (Fsp3) is 0.364. The lowest BCUT2D eigenvalue weighted by Gasteiger charge is -2.06. The molecule has 0 fully saturated rings. The van der Waals surface area contributed by atoms with Crippen molar-refractivity contribution in [1.29, 1.82) is 0 Å². The molecule has 0 saturated carbocycles. The Morgan fingerprint density at radius 3 is 2.67 bits per heavy atom. The zero-order valence-corrected chi connectivity index (χ0v) is 12.1. The second-order valence-corrected chi connectivity index (χ2v) is 7.11. The number of benzene rings is 1. The summed E-state index contributed by atoms with van der Waals surface area (Å²) < 4.78 is 23.9. The highest BCUT2D eigenvalue weighted by Crippen LogP contribution is 2.21. The van der Waals surface area contributed by atoms with E-state index in [0.29, 0.717) is 6.42 Å². The lowest BCUT2D eigenvalue weighted by atomic mass is 10.2. The molecular weight excluding hydrogens is 296 g/mol. The summed E-state index contributed by atoms with van der Waals surface area (Å²) in [5, 5.41) is 8.92. The minimum Gasteiger partial charge on any atom is -0.478 e. The van der Waals surface area contributed by atoms with Crippen molar-refractivity contribution in [2.24, 2.45) is 0 Å². The first kappa shape index (κ1) is 15.3. The van der Waals surface area contributed by atoms with Crippen LogP contribution in [0.5, 0.6) is 0 Å². The molecular formula is C11H13ClO4S2. The number of halogens is 1. The Labute approximate surface area is 115 Å². The van der Waals surface area contributed by atoms with Crippen molar-refractivity contribution in [3.05, 3.63) is 28.8 Å². The molecule has 0 heterocycles. The van der Waals surface area contributed by atoms with Crippen molar-refractivity contribution in [3.63, 3.8) is 0 Å². The van der Waals surface area contributed by atoms with Crippen LogP contribution in [0.15, 0.2) is 23.1 Å². The SMILES string of the molecule is CSCCCS(=O)(=O)c1ccc(Cl)c(C(=O)O)c1. The Kier molecular flexibility index (Phi) is 5.49. The molecule has 1 aromatic rings. The number of hydrogen-bond acceptors (Lipinski definition) is 4. The van der Waals surface area contributed by atoms with E-state index in [2.05, 4.69) is 0 Å². The van der Waals surface area contributed by atoms with Crippen molar-refractivity contribution >= 4 is 39.2 Å². The molecule has 0 spiro atoms. The molecule has 1 aromatic carbocycles.